The van der Waals surface area contributed by atoms with Gasteiger partial charge in [-0.15, -0.1) is 0 Å². The van der Waals surface area contributed by atoms with Gasteiger partial charge in [-0.05, 0) is 63.1 Å². The quantitative estimate of drug-likeness (QED) is 0.326. The third-order valence-corrected chi connectivity index (χ3v) is 8.01. The molecule has 2 aromatic carbocycles. The molecule has 9 heteroatoms. The van der Waals surface area contributed by atoms with Gasteiger partial charge in [-0.3, -0.25) is 14.2 Å². The van der Waals surface area contributed by atoms with Crippen LogP contribution in [0.2, 0.25) is 10.0 Å². The summed E-state index contributed by atoms with van der Waals surface area (Å²) in [4.78, 5) is 7.67. The van der Waals surface area contributed by atoms with Crippen LogP contribution in [0.15, 0.2) is 30.3 Å². The number of likely N-dealkylation sites (tertiary alicyclic amines) is 1. The molecule has 1 saturated heterocycles. The molecule has 1 fully saturated rings. The summed E-state index contributed by atoms with van der Waals surface area (Å²) in [5, 5.41) is 1.65. The second-order valence-electron chi connectivity index (χ2n) is 11.0. The van der Waals surface area contributed by atoms with Gasteiger partial charge in [0.1, 0.15) is 23.8 Å². The lowest BCUT2D eigenvalue weighted by Gasteiger charge is -2.43. The highest BCUT2D eigenvalue weighted by Gasteiger charge is 2.40. The number of hydrogen-bond donors (Lipinski definition) is 1. The Kier molecular flexibility index (Phi) is 7.44. The van der Waals surface area contributed by atoms with Gasteiger partial charge in [-0.1, -0.05) is 23.2 Å². The molecule has 3 aromatic rings. The number of H-pyrrole nitrogens is 1. The Hall–Kier alpha value is -1.93. The highest BCUT2D eigenvalue weighted by atomic mass is 35.5. The number of benzene rings is 2. The summed E-state index contributed by atoms with van der Waals surface area (Å²) in [6.45, 7) is 7.67. The first-order chi connectivity index (χ1) is 17.5. The first kappa shape index (κ1) is 26.7. The molecule has 37 heavy (non-hydrogen) atoms. The molecule has 0 radical (unpaired) electrons. The van der Waals surface area contributed by atoms with E-state index >= 15 is 4.39 Å². The van der Waals surface area contributed by atoms with Crippen LogP contribution < -0.4 is 4.74 Å². The molecule has 0 saturated carbocycles. The maximum absolute atomic E-state index is 15.0. The molecule has 0 aliphatic carbocycles. The molecule has 0 bridgehead atoms. The molecule has 1 N–H and O–H groups in total. The van der Waals surface area contributed by atoms with Crippen molar-refractivity contribution in [3.8, 4) is 5.75 Å². The van der Waals surface area contributed by atoms with E-state index in [-0.39, 0.29) is 31.0 Å². The zero-order valence-electron chi connectivity index (χ0n) is 21.3. The zero-order valence-corrected chi connectivity index (χ0v) is 22.8. The highest BCUT2D eigenvalue weighted by Crippen LogP contribution is 2.46. The monoisotopic (exact) mass is 553 g/mol. The summed E-state index contributed by atoms with van der Waals surface area (Å²) in [5.74, 6) is 0.368. The number of rotatable bonds is 8. The van der Waals surface area contributed by atoms with Gasteiger partial charge in [0, 0.05) is 60.3 Å². The van der Waals surface area contributed by atoms with E-state index in [0.717, 1.165) is 35.2 Å². The Labute approximate surface area is 225 Å². The van der Waals surface area contributed by atoms with Crippen LogP contribution in [0.25, 0.3) is 10.9 Å². The normalized spacial score (nSPS) is 21.3. The first-order valence-electron chi connectivity index (χ1n) is 12.7. The van der Waals surface area contributed by atoms with E-state index in [4.69, 9.17) is 27.9 Å². The van der Waals surface area contributed by atoms with Crippen molar-refractivity contribution in [2.75, 3.05) is 39.5 Å². The van der Waals surface area contributed by atoms with Crippen molar-refractivity contribution in [1.82, 2.24) is 14.8 Å². The summed E-state index contributed by atoms with van der Waals surface area (Å²) >= 11 is 13.7. The number of fused-ring (bicyclic) bond motifs is 3. The minimum atomic E-state index is -1.46. The van der Waals surface area contributed by atoms with Crippen LogP contribution in [-0.4, -0.2) is 66.0 Å². The fraction of sp³-hybridized carbons (Fsp3) is 0.500. The summed E-state index contributed by atoms with van der Waals surface area (Å²) in [6.07, 6.45) is 0.640. The molecule has 200 valence electrons. The molecule has 5 rings (SSSR count). The average Bonchev–Trinajstić information content (AvgIpc) is 3.13. The SMILES string of the molecule is C[C@@H]1Cc2c([nH]c3ccc(F)cc23)C(c2c(Cl)cc(OCCN3CC(CF)C3)cc2Cl)N1CC(C)(C)F. The molecule has 4 nitrogen and oxygen atoms in total. The van der Waals surface area contributed by atoms with Crippen LogP contribution in [0, 0.1) is 11.7 Å². The molecule has 1 aromatic heterocycles. The summed E-state index contributed by atoms with van der Waals surface area (Å²) < 4.78 is 47.7. The third-order valence-electron chi connectivity index (χ3n) is 7.38. The van der Waals surface area contributed by atoms with Crippen LogP contribution in [0.1, 0.15) is 43.6 Å². The first-order valence-corrected chi connectivity index (χ1v) is 13.4. The molecule has 2 aliphatic heterocycles. The second-order valence-corrected chi connectivity index (χ2v) is 11.8. The van der Waals surface area contributed by atoms with E-state index in [1.807, 2.05) is 6.92 Å². The van der Waals surface area contributed by atoms with Crippen molar-refractivity contribution in [2.45, 2.75) is 44.9 Å². The van der Waals surface area contributed by atoms with E-state index in [2.05, 4.69) is 14.8 Å². The molecule has 0 spiro atoms. The van der Waals surface area contributed by atoms with E-state index in [1.165, 1.54) is 12.1 Å². The van der Waals surface area contributed by atoms with Crippen molar-refractivity contribution >= 4 is 34.1 Å². The van der Waals surface area contributed by atoms with Crippen molar-refractivity contribution in [2.24, 2.45) is 5.92 Å². The fourth-order valence-corrected chi connectivity index (χ4v) is 6.35. The summed E-state index contributed by atoms with van der Waals surface area (Å²) in [5.41, 5.74) is 1.86. The molecule has 3 heterocycles. The van der Waals surface area contributed by atoms with Crippen LogP contribution in [0.5, 0.6) is 5.75 Å². The molecular weight excluding hydrogens is 522 g/mol. The Bertz CT molecular complexity index is 1260. The largest absolute Gasteiger partial charge is 0.492 e. The van der Waals surface area contributed by atoms with Gasteiger partial charge in [-0.2, -0.15) is 0 Å². The molecule has 2 atom stereocenters. The predicted molar refractivity (Wildman–Crippen MR) is 143 cm³/mol. The number of ether oxygens (including phenoxy) is 1. The van der Waals surface area contributed by atoms with E-state index in [0.29, 0.717) is 40.9 Å². The predicted octanol–water partition coefficient (Wildman–Crippen LogP) is 6.98. The smallest absolute Gasteiger partial charge is 0.123 e. The lowest BCUT2D eigenvalue weighted by Crippen LogP contribution is -2.49. The van der Waals surface area contributed by atoms with Crippen LogP contribution in [0.3, 0.4) is 0 Å². The van der Waals surface area contributed by atoms with Gasteiger partial charge in [0.2, 0.25) is 0 Å². The Morgan fingerprint density at radius 3 is 2.49 bits per heavy atom. The van der Waals surface area contributed by atoms with Crippen molar-refractivity contribution < 1.29 is 17.9 Å². The fourth-order valence-electron chi connectivity index (χ4n) is 5.67. The van der Waals surface area contributed by atoms with Gasteiger partial charge in [0.15, 0.2) is 0 Å². The number of hydrogen-bond acceptors (Lipinski definition) is 3. The minimum Gasteiger partial charge on any atom is -0.492 e. The second kappa shape index (κ2) is 10.3. The van der Waals surface area contributed by atoms with Gasteiger partial charge in [-0.25, -0.2) is 8.78 Å². The number of nitrogens with zero attached hydrogens (tertiary/aromatic N) is 2. The van der Waals surface area contributed by atoms with E-state index in [9.17, 15) is 8.78 Å². The summed E-state index contributed by atoms with van der Waals surface area (Å²) in [6, 6.07) is 7.68. The number of aromatic amines is 1. The number of alkyl halides is 2. The Morgan fingerprint density at radius 1 is 1.14 bits per heavy atom. The van der Waals surface area contributed by atoms with Crippen molar-refractivity contribution in [3.63, 3.8) is 0 Å². The van der Waals surface area contributed by atoms with E-state index < -0.39 is 11.7 Å². The highest BCUT2D eigenvalue weighted by molar-refractivity contribution is 6.36. The molecule has 1 unspecified atom stereocenters. The van der Waals surface area contributed by atoms with Crippen LogP contribution >= 0.6 is 23.2 Å². The minimum absolute atomic E-state index is 0.0393. The lowest BCUT2D eigenvalue weighted by molar-refractivity contribution is 0.0661. The maximum Gasteiger partial charge on any atom is 0.123 e. The van der Waals surface area contributed by atoms with Gasteiger partial charge in [0.05, 0.1) is 22.8 Å². The number of halogens is 5. The van der Waals surface area contributed by atoms with Crippen molar-refractivity contribution in [1.29, 1.82) is 0 Å². The molecule has 2 aliphatic rings. The number of aromatic nitrogens is 1. The van der Waals surface area contributed by atoms with E-state index in [1.54, 1.807) is 32.0 Å². The average molecular weight is 554 g/mol. The van der Waals surface area contributed by atoms with Crippen LogP contribution in [-0.2, 0) is 6.42 Å². The third kappa shape index (κ3) is 5.47. The Morgan fingerprint density at radius 2 is 1.84 bits per heavy atom. The van der Waals surface area contributed by atoms with Gasteiger partial charge < -0.3 is 9.72 Å². The molecular formula is C28H32Cl2F3N3O. The lowest BCUT2D eigenvalue weighted by atomic mass is 9.87. The topological polar surface area (TPSA) is 31.5 Å². The Balaban J connectivity index is 1.48. The van der Waals surface area contributed by atoms with Crippen LogP contribution in [0.4, 0.5) is 13.2 Å². The van der Waals surface area contributed by atoms with Gasteiger partial charge >= 0.3 is 0 Å². The zero-order chi connectivity index (χ0) is 26.5. The van der Waals surface area contributed by atoms with Gasteiger partial charge in [0.25, 0.3) is 0 Å². The van der Waals surface area contributed by atoms with Crippen molar-refractivity contribution in [3.05, 3.63) is 63.0 Å². The standard InChI is InChI=1S/C28H32Cl2F3N3O/c1-16-8-21-20-9-18(32)4-5-24(20)34-26(21)27(36(16)15-28(2,3)33)25-22(29)10-19(11-23(25)30)37-7-6-35-13-17(12-31)14-35/h4-5,9-11,16-17,27,34H,6-8,12-15H2,1-3H3/t16-,27?/m1/s1. The molecule has 0 amide bonds. The summed E-state index contributed by atoms with van der Waals surface area (Å²) in [7, 11) is 0. The number of nitrogens with one attached hydrogen (secondary N) is 1. The maximum atomic E-state index is 15.0.